The van der Waals surface area contributed by atoms with Crippen molar-refractivity contribution in [2.75, 3.05) is 19.7 Å². The average molecular weight is 403 g/mol. The molecule has 0 heterocycles. The maximum absolute atomic E-state index is 12.8. The lowest BCUT2D eigenvalue weighted by Crippen LogP contribution is -2.50. The fraction of sp³-hybridized carbons (Fsp3) is 0.364. The van der Waals surface area contributed by atoms with E-state index in [1.54, 1.807) is 30.0 Å². The van der Waals surface area contributed by atoms with Crippen molar-refractivity contribution in [3.63, 3.8) is 0 Å². The Morgan fingerprint density at radius 2 is 1.89 bits per heavy atom. The minimum atomic E-state index is -0.577. The number of aryl methyl sites for hydroxylation is 1. The number of ether oxygens (including phenoxy) is 1. The molecule has 1 N–H and O–H groups in total. The SMILES string of the molecule is CCNC(=O)[C@H](C)N(CCc1ccccc1)C(=O)COc1ccc(Cl)c(C)c1. The summed E-state index contributed by atoms with van der Waals surface area (Å²) in [6.07, 6.45) is 0.663. The highest BCUT2D eigenvalue weighted by molar-refractivity contribution is 6.31. The first kappa shape index (κ1) is 21.8. The molecule has 1 atom stereocenters. The lowest BCUT2D eigenvalue weighted by Gasteiger charge is -2.28. The van der Waals surface area contributed by atoms with Crippen LogP contribution in [0, 0.1) is 6.92 Å². The number of hydrogen-bond donors (Lipinski definition) is 1. The predicted molar refractivity (Wildman–Crippen MR) is 112 cm³/mol. The smallest absolute Gasteiger partial charge is 0.261 e. The molecule has 0 radical (unpaired) electrons. The van der Waals surface area contributed by atoms with Crippen LogP contribution >= 0.6 is 11.6 Å². The third-order valence-corrected chi connectivity index (χ3v) is 4.92. The molecular weight excluding hydrogens is 376 g/mol. The lowest BCUT2D eigenvalue weighted by molar-refractivity contribution is -0.141. The average Bonchev–Trinajstić information content (AvgIpc) is 2.69. The summed E-state index contributed by atoms with van der Waals surface area (Å²) in [5.41, 5.74) is 1.99. The summed E-state index contributed by atoms with van der Waals surface area (Å²) in [6.45, 7) is 6.28. The van der Waals surface area contributed by atoms with E-state index in [-0.39, 0.29) is 18.4 Å². The van der Waals surface area contributed by atoms with Crippen molar-refractivity contribution in [2.45, 2.75) is 33.2 Å². The zero-order valence-electron chi connectivity index (χ0n) is 16.6. The molecule has 0 aliphatic carbocycles. The van der Waals surface area contributed by atoms with Crippen LogP contribution in [0.3, 0.4) is 0 Å². The van der Waals surface area contributed by atoms with Gasteiger partial charge < -0.3 is 15.0 Å². The van der Waals surface area contributed by atoms with Crippen LogP contribution in [-0.2, 0) is 16.0 Å². The summed E-state index contributed by atoms with van der Waals surface area (Å²) >= 11 is 6.02. The maximum atomic E-state index is 12.8. The second kappa shape index (κ2) is 10.7. The standard InChI is InChI=1S/C22H27ClN2O3/c1-4-24-22(27)17(3)25(13-12-18-8-6-5-7-9-18)21(26)15-28-19-10-11-20(23)16(2)14-19/h5-11,14,17H,4,12-13,15H2,1-3H3,(H,24,27)/t17-/m0/s1. The number of nitrogens with one attached hydrogen (secondary N) is 1. The zero-order valence-corrected chi connectivity index (χ0v) is 17.3. The topological polar surface area (TPSA) is 58.6 Å². The maximum Gasteiger partial charge on any atom is 0.261 e. The predicted octanol–water partition coefficient (Wildman–Crippen LogP) is 3.62. The molecule has 2 aromatic rings. The molecule has 0 aliphatic heterocycles. The fourth-order valence-electron chi connectivity index (χ4n) is 2.83. The van der Waals surface area contributed by atoms with Crippen molar-refractivity contribution in [1.82, 2.24) is 10.2 Å². The summed E-state index contributed by atoms with van der Waals surface area (Å²) in [6, 6.07) is 14.6. The number of carbonyl (C=O) groups is 2. The highest BCUT2D eigenvalue weighted by Crippen LogP contribution is 2.21. The van der Waals surface area contributed by atoms with Crippen LogP contribution in [-0.4, -0.2) is 42.5 Å². The van der Waals surface area contributed by atoms with E-state index in [4.69, 9.17) is 16.3 Å². The molecule has 2 rings (SSSR count). The minimum absolute atomic E-state index is 0.139. The van der Waals surface area contributed by atoms with Gasteiger partial charge >= 0.3 is 0 Å². The van der Waals surface area contributed by atoms with Gasteiger partial charge in [-0.25, -0.2) is 0 Å². The molecule has 0 aromatic heterocycles. The van der Waals surface area contributed by atoms with E-state index >= 15 is 0 Å². The molecule has 6 heteroatoms. The summed E-state index contributed by atoms with van der Waals surface area (Å²) in [4.78, 5) is 26.7. The highest BCUT2D eigenvalue weighted by Gasteiger charge is 2.25. The zero-order chi connectivity index (χ0) is 20.5. The first-order valence-corrected chi connectivity index (χ1v) is 9.80. The molecule has 28 heavy (non-hydrogen) atoms. The van der Waals surface area contributed by atoms with Gasteiger partial charge in [0.1, 0.15) is 11.8 Å². The van der Waals surface area contributed by atoms with Gasteiger partial charge in [0.05, 0.1) is 0 Å². The molecule has 2 aromatic carbocycles. The van der Waals surface area contributed by atoms with Crippen LogP contribution in [0.25, 0.3) is 0 Å². The van der Waals surface area contributed by atoms with Gasteiger partial charge in [-0.1, -0.05) is 41.9 Å². The van der Waals surface area contributed by atoms with Crippen LogP contribution in [0.1, 0.15) is 25.0 Å². The molecule has 0 spiro atoms. The molecule has 0 bridgehead atoms. The number of nitrogens with zero attached hydrogens (tertiary/aromatic N) is 1. The number of hydrogen-bond acceptors (Lipinski definition) is 3. The van der Waals surface area contributed by atoms with Gasteiger partial charge in [-0.05, 0) is 56.5 Å². The Balaban J connectivity index is 2.06. The number of halogens is 1. The molecule has 150 valence electrons. The Hall–Kier alpha value is -2.53. The number of carbonyl (C=O) groups excluding carboxylic acids is 2. The van der Waals surface area contributed by atoms with E-state index in [9.17, 15) is 9.59 Å². The number of benzene rings is 2. The largest absolute Gasteiger partial charge is 0.484 e. The van der Waals surface area contributed by atoms with Crippen LogP contribution in [0.4, 0.5) is 0 Å². The van der Waals surface area contributed by atoms with Gasteiger partial charge in [0, 0.05) is 18.1 Å². The fourth-order valence-corrected chi connectivity index (χ4v) is 2.94. The van der Waals surface area contributed by atoms with Gasteiger partial charge in [-0.2, -0.15) is 0 Å². The van der Waals surface area contributed by atoms with Crippen LogP contribution in [0.5, 0.6) is 5.75 Å². The van der Waals surface area contributed by atoms with Crippen molar-refractivity contribution < 1.29 is 14.3 Å². The van der Waals surface area contributed by atoms with E-state index in [1.807, 2.05) is 44.2 Å². The lowest BCUT2D eigenvalue weighted by atomic mass is 10.1. The second-order valence-corrected chi connectivity index (χ2v) is 7.00. The van der Waals surface area contributed by atoms with Gasteiger partial charge in [0.15, 0.2) is 6.61 Å². The molecule has 0 unspecified atom stereocenters. The molecule has 0 aliphatic rings. The number of likely N-dealkylation sites (N-methyl/N-ethyl adjacent to an activating group) is 1. The Morgan fingerprint density at radius 1 is 1.18 bits per heavy atom. The van der Waals surface area contributed by atoms with Crippen molar-refractivity contribution in [2.24, 2.45) is 0 Å². The van der Waals surface area contributed by atoms with E-state index in [0.717, 1.165) is 11.1 Å². The van der Waals surface area contributed by atoms with Gasteiger partial charge in [-0.3, -0.25) is 9.59 Å². The molecule has 0 fully saturated rings. The molecule has 2 amide bonds. The number of amides is 2. The summed E-state index contributed by atoms with van der Waals surface area (Å²) in [5.74, 6) is 0.164. The third-order valence-electron chi connectivity index (χ3n) is 4.49. The Bertz CT molecular complexity index is 796. The van der Waals surface area contributed by atoms with Crippen molar-refractivity contribution >= 4 is 23.4 Å². The van der Waals surface area contributed by atoms with Gasteiger partial charge in [0.25, 0.3) is 5.91 Å². The van der Waals surface area contributed by atoms with E-state index in [0.29, 0.717) is 30.3 Å². The highest BCUT2D eigenvalue weighted by atomic mass is 35.5. The quantitative estimate of drug-likeness (QED) is 0.696. The van der Waals surface area contributed by atoms with Crippen molar-refractivity contribution in [3.05, 3.63) is 64.7 Å². The summed E-state index contributed by atoms with van der Waals surface area (Å²) < 4.78 is 5.64. The Labute approximate surface area is 171 Å². The summed E-state index contributed by atoms with van der Waals surface area (Å²) in [5, 5.41) is 3.42. The first-order chi connectivity index (χ1) is 13.4. The van der Waals surface area contributed by atoms with Crippen molar-refractivity contribution in [1.29, 1.82) is 0 Å². The third kappa shape index (κ3) is 6.27. The second-order valence-electron chi connectivity index (χ2n) is 6.59. The first-order valence-electron chi connectivity index (χ1n) is 9.42. The minimum Gasteiger partial charge on any atom is -0.484 e. The Morgan fingerprint density at radius 3 is 2.54 bits per heavy atom. The van der Waals surface area contributed by atoms with Gasteiger partial charge in [0.2, 0.25) is 5.91 Å². The molecule has 0 saturated carbocycles. The molecule has 5 nitrogen and oxygen atoms in total. The monoisotopic (exact) mass is 402 g/mol. The normalized spacial score (nSPS) is 11.6. The van der Waals surface area contributed by atoms with E-state index in [1.165, 1.54) is 0 Å². The van der Waals surface area contributed by atoms with E-state index in [2.05, 4.69) is 5.32 Å². The summed E-state index contributed by atoms with van der Waals surface area (Å²) in [7, 11) is 0. The Kier molecular flexibility index (Phi) is 8.33. The van der Waals surface area contributed by atoms with E-state index < -0.39 is 6.04 Å². The van der Waals surface area contributed by atoms with Crippen molar-refractivity contribution in [3.8, 4) is 5.75 Å². The molecular formula is C22H27ClN2O3. The van der Waals surface area contributed by atoms with Gasteiger partial charge in [-0.15, -0.1) is 0 Å². The van der Waals surface area contributed by atoms with Crippen LogP contribution in [0.15, 0.2) is 48.5 Å². The van der Waals surface area contributed by atoms with Crippen LogP contribution < -0.4 is 10.1 Å². The number of rotatable bonds is 9. The van der Waals surface area contributed by atoms with Crippen LogP contribution in [0.2, 0.25) is 5.02 Å². The molecule has 0 saturated heterocycles.